The maximum atomic E-state index is 12.3. The highest BCUT2D eigenvalue weighted by molar-refractivity contribution is 5.83. The fraction of sp³-hybridized carbons (Fsp3) is 0.778. The first-order valence-electron chi connectivity index (χ1n) is 8.23. The summed E-state index contributed by atoms with van der Waals surface area (Å²) >= 11 is 0. The van der Waals surface area contributed by atoms with Crippen LogP contribution in [0, 0.1) is 17.3 Å². The van der Waals surface area contributed by atoms with Gasteiger partial charge in [0, 0.05) is 20.1 Å². The first-order chi connectivity index (χ1) is 10.4. The number of hydrogen-bond donors (Lipinski definition) is 1. The van der Waals surface area contributed by atoms with Crippen LogP contribution in [0.15, 0.2) is 11.6 Å². The molecule has 5 nitrogen and oxygen atoms in total. The molecule has 0 heterocycles. The summed E-state index contributed by atoms with van der Waals surface area (Å²) in [6.07, 6.45) is 1.80. The number of hydrogen-bond acceptors (Lipinski definition) is 3. The maximum Gasteiger partial charge on any atom is 0.410 e. The van der Waals surface area contributed by atoms with Crippen molar-refractivity contribution in [1.29, 1.82) is 0 Å². The topological polar surface area (TPSA) is 58.6 Å². The summed E-state index contributed by atoms with van der Waals surface area (Å²) < 4.78 is 5.28. The Hall–Kier alpha value is -1.52. The lowest BCUT2D eigenvalue weighted by molar-refractivity contribution is -0.123. The fourth-order valence-corrected chi connectivity index (χ4v) is 2.74. The van der Waals surface area contributed by atoms with Gasteiger partial charge in [0.15, 0.2) is 0 Å². The van der Waals surface area contributed by atoms with Crippen LogP contribution in [-0.4, -0.2) is 42.6 Å². The highest BCUT2D eigenvalue weighted by Crippen LogP contribution is 2.59. The minimum absolute atomic E-state index is 0.0123. The molecule has 1 rings (SSSR count). The Morgan fingerprint density at radius 1 is 1.26 bits per heavy atom. The molecule has 0 aromatic heterocycles. The second kappa shape index (κ2) is 6.93. The van der Waals surface area contributed by atoms with E-state index in [-0.39, 0.29) is 23.3 Å². The van der Waals surface area contributed by atoms with Crippen LogP contribution in [0.3, 0.4) is 0 Å². The highest BCUT2D eigenvalue weighted by Gasteiger charge is 2.60. The third kappa shape index (κ3) is 5.56. The summed E-state index contributed by atoms with van der Waals surface area (Å²) in [6, 6.07) is 0. The van der Waals surface area contributed by atoms with Gasteiger partial charge in [-0.1, -0.05) is 25.5 Å². The lowest BCUT2D eigenvalue weighted by Crippen LogP contribution is -2.39. The monoisotopic (exact) mass is 324 g/mol. The number of allylic oxidation sites excluding steroid dienone is 2. The average molecular weight is 324 g/mol. The number of ether oxygens (including phenoxy) is 1. The van der Waals surface area contributed by atoms with E-state index >= 15 is 0 Å². The number of amides is 2. The van der Waals surface area contributed by atoms with Crippen molar-refractivity contribution in [2.24, 2.45) is 17.3 Å². The molecule has 0 aromatic carbocycles. The van der Waals surface area contributed by atoms with Gasteiger partial charge < -0.3 is 15.0 Å². The molecule has 0 bridgehead atoms. The molecule has 23 heavy (non-hydrogen) atoms. The van der Waals surface area contributed by atoms with E-state index in [4.69, 9.17) is 4.74 Å². The van der Waals surface area contributed by atoms with Gasteiger partial charge in [0.2, 0.25) is 5.91 Å². The van der Waals surface area contributed by atoms with Gasteiger partial charge in [-0.2, -0.15) is 0 Å². The van der Waals surface area contributed by atoms with Crippen molar-refractivity contribution in [2.75, 3.05) is 20.1 Å². The number of carbonyl (C=O) groups excluding carboxylic acids is 2. The van der Waals surface area contributed by atoms with Gasteiger partial charge in [0.1, 0.15) is 5.60 Å². The summed E-state index contributed by atoms with van der Waals surface area (Å²) in [5, 5.41) is 2.93. The Bertz CT molecular complexity index is 485. The average Bonchev–Trinajstić information content (AvgIpc) is 2.87. The normalized spacial score (nSPS) is 22.1. The molecule has 2 amide bonds. The predicted molar refractivity (Wildman–Crippen MR) is 92.1 cm³/mol. The number of carbonyl (C=O) groups is 2. The SMILES string of the molecule is CC(C)=C[C@@H]1[C@H](C(=O)NCCN(C)C(=O)OC(C)(C)C)C1(C)C. The van der Waals surface area contributed by atoms with E-state index in [2.05, 4.69) is 39.1 Å². The van der Waals surface area contributed by atoms with Crippen LogP contribution in [0.2, 0.25) is 0 Å². The van der Waals surface area contributed by atoms with Crippen LogP contribution >= 0.6 is 0 Å². The van der Waals surface area contributed by atoms with Gasteiger partial charge in [0.25, 0.3) is 0 Å². The van der Waals surface area contributed by atoms with Gasteiger partial charge in [-0.3, -0.25) is 4.79 Å². The Balaban J connectivity index is 2.41. The van der Waals surface area contributed by atoms with E-state index in [1.807, 2.05) is 20.8 Å². The van der Waals surface area contributed by atoms with E-state index in [0.717, 1.165) is 0 Å². The fourth-order valence-electron chi connectivity index (χ4n) is 2.74. The minimum atomic E-state index is -0.510. The van der Waals surface area contributed by atoms with Gasteiger partial charge in [-0.25, -0.2) is 4.79 Å². The van der Waals surface area contributed by atoms with Crippen molar-refractivity contribution < 1.29 is 14.3 Å². The largest absolute Gasteiger partial charge is 0.444 e. The Morgan fingerprint density at radius 3 is 2.30 bits per heavy atom. The summed E-state index contributed by atoms with van der Waals surface area (Å²) in [4.78, 5) is 25.6. The molecule has 0 unspecified atom stereocenters. The van der Waals surface area contributed by atoms with Crippen LogP contribution in [-0.2, 0) is 9.53 Å². The number of nitrogens with zero attached hydrogens (tertiary/aromatic N) is 1. The molecule has 132 valence electrons. The van der Waals surface area contributed by atoms with Crippen LogP contribution < -0.4 is 5.32 Å². The molecule has 0 radical (unpaired) electrons. The second-order valence-corrected chi connectivity index (χ2v) is 8.26. The van der Waals surface area contributed by atoms with Gasteiger partial charge in [-0.05, 0) is 46.0 Å². The summed E-state index contributed by atoms with van der Waals surface area (Å²) in [7, 11) is 1.67. The quantitative estimate of drug-likeness (QED) is 0.790. The molecule has 2 atom stereocenters. The molecule has 1 aliphatic rings. The predicted octanol–water partition coefficient (Wildman–Crippen LogP) is 3.21. The summed E-state index contributed by atoms with van der Waals surface area (Å²) in [5.74, 6) is 0.385. The van der Waals surface area contributed by atoms with Crippen molar-refractivity contribution in [3.8, 4) is 0 Å². The van der Waals surface area contributed by atoms with Crippen molar-refractivity contribution in [3.63, 3.8) is 0 Å². The van der Waals surface area contributed by atoms with Crippen LogP contribution in [0.4, 0.5) is 4.79 Å². The van der Waals surface area contributed by atoms with E-state index in [9.17, 15) is 9.59 Å². The van der Waals surface area contributed by atoms with Gasteiger partial charge in [0.05, 0.1) is 5.92 Å². The minimum Gasteiger partial charge on any atom is -0.444 e. The molecule has 5 heteroatoms. The number of rotatable bonds is 5. The lowest BCUT2D eigenvalue weighted by Gasteiger charge is -2.24. The van der Waals surface area contributed by atoms with Crippen molar-refractivity contribution in [1.82, 2.24) is 10.2 Å². The molecule has 0 saturated heterocycles. The molecule has 1 fully saturated rings. The zero-order chi connectivity index (χ0) is 18.0. The first kappa shape index (κ1) is 19.5. The van der Waals surface area contributed by atoms with E-state index < -0.39 is 5.60 Å². The summed E-state index contributed by atoms with van der Waals surface area (Å²) in [5.41, 5.74) is 0.742. The Kier molecular flexibility index (Phi) is 5.89. The van der Waals surface area contributed by atoms with Crippen LogP contribution in [0.5, 0.6) is 0 Å². The van der Waals surface area contributed by atoms with Crippen molar-refractivity contribution in [3.05, 3.63) is 11.6 Å². The smallest absolute Gasteiger partial charge is 0.410 e. The second-order valence-electron chi connectivity index (χ2n) is 8.26. The molecule has 1 N–H and O–H groups in total. The standard InChI is InChI=1S/C18H32N2O3/c1-12(2)11-13-14(18(13,6)7)15(21)19-9-10-20(8)16(22)23-17(3,4)5/h11,13-14H,9-10H2,1-8H3,(H,19,21)/t13-,14-/m1/s1. The zero-order valence-corrected chi connectivity index (χ0v) is 15.8. The Morgan fingerprint density at radius 2 is 1.83 bits per heavy atom. The van der Waals surface area contributed by atoms with Crippen LogP contribution in [0.25, 0.3) is 0 Å². The molecule has 0 aliphatic heterocycles. The third-order valence-electron chi connectivity index (χ3n) is 4.16. The van der Waals surface area contributed by atoms with E-state index in [1.165, 1.54) is 10.5 Å². The van der Waals surface area contributed by atoms with Gasteiger partial charge >= 0.3 is 6.09 Å². The first-order valence-corrected chi connectivity index (χ1v) is 8.23. The molecule has 1 aliphatic carbocycles. The van der Waals surface area contributed by atoms with Crippen molar-refractivity contribution >= 4 is 12.0 Å². The van der Waals surface area contributed by atoms with Crippen LogP contribution in [0.1, 0.15) is 48.5 Å². The molecular weight excluding hydrogens is 292 g/mol. The third-order valence-corrected chi connectivity index (χ3v) is 4.16. The molecular formula is C18H32N2O3. The molecule has 0 aromatic rings. The number of nitrogens with one attached hydrogen (secondary N) is 1. The number of likely N-dealkylation sites (N-methyl/N-ethyl adjacent to an activating group) is 1. The maximum absolute atomic E-state index is 12.3. The summed E-state index contributed by atoms with van der Waals surface area (Å²) in [6.45, 7) is 14.7. The zero-order valence-electron chi connectivity index (χ0n) is 15.8. The Labute approximate surface area is 140 Å². The van der Waals surface area contributed by atoms with E-state index in [1.54, 1.807) is 7.05 Å². The molecule has 1 saturated carbocycles. The lowest BCUT2D eigenvalue weighted by atomic mass is 10.1. The highest BCUT2D eigenvalue weighted by atomic mass is 16.6. The van der Waals surface area contributed by atoms with Gasteiger partial charge in [-0.15, -0.1) is 0 Å². The van der Waals surface area contributed by atoms with E-state index in [0.29, 0.717) is 19.0 Å². The molecule has 0 spiro atoms. The van der Waals surface area contributed by atoms with Crippen molar-refractivity contribution in [2.45, 2.75) is 54.1 Å².